The molecule has 9 heteroatoms. The molecule has 1 aromatic carbocycles. The quantitative estimate of drug-likeness (QED) is 0.407. The molecule has 3 aromatic rings. The van der Waals surface area contributed by atoms with Gasteiger partial charge in [-0.05, 0) is 38.0 Å². The lowest BCUT2D eigenvalue weighted by Crippen LogP contribution is -2.10. The standard InChI is InChI=1S/C23H24N2O6S/c1-5-15(6-2)11-28-18-8-7-16(9-17(18)10-24)21-25-13(3)20(32-21)22(26)29-12-19-14(4)30-23(27)31-19/h7-9,15H,5-6,11-12H2,1-4H3/i1D3,2D3. The Morgan fingerprint density at radius 1 is 1.31 bits per heavy atom. The summed E-state index contributed by atoms with van der Waals surface area (Å²) < 4.78 is 65.2. The number of benzene rings is 1. The number of hydrogen-bond acceptors (Lipinski definition) is 9. The molecule has 32 heavy (non-hydrogen) atoms. The Balaban J connectivity index is 1.74. The van der Waals surface area contributed by atoms with Crippen molar-refractivity contribution < 1.29 is 31.3 Å². The summed E-state index contributed by atoms with van der Waals surface area (Å²) in [5, 5.41) is 10.1. The molecule has 168 valence electrons. The molecule has 0 radical (unpaired) electrons. The fraction of sp³-hybridized carbons (Fsp3) is 0.391. The van der Waals surface area contributed by atoms with Crippen LogP contribution in [0.25, 0.3) is 10.6 Å². The number of nitriles is 1. The Labute approximate surface area is 197 Å². The van der Waals surface area contributed by atoms with Gasteiger partial charge >= 0.3 is 11.8 Å². The van der Waals surface area contributed by atoms with Crippen molar-refractivity contribution in [2.24, 2.45) is 5.92 Å². The van der Waals surface area contributed by atoms with Gasteiger partial charge in [0.05, 0.1) is 17.9 Å². The lowest BCUT2D eigenvalue weighted by molar-refractivity contribution is 0.0447. The molecule has 0 N–H and O–H groups in total. The number of aryl methyl sites for hydroxylation is 2. The van der Waals surface area contributed by atoms with Gasteiger partial charge in [0, 0.05) is 13.8 Å². The summed E-state index contributed by atoms with van der Waals surface area (Å²) in [6, 6.07) is 6.65. The molecule has 8 nitrogen and oxygen atoms in total. The minimum atomic E-state index is -2.33. The lowest BCUT2D eigenvalue weighted by Gasteiger charge is -2.14. The Bertz CT molecular complexity index is 1380. The third-order valence-electron chi connectivity index (χ3n) is 4.55. The van der Waals surface area contributed by atoms with Crippen LogP contribution in [0, 0.1) is 31.1 Å². The second kappa shape index (κ2) is 10.3. The summed E-state index contributed by atoms with van der Waals surface area (Å²) in [4.78, 5) is 28.3. The molecule has 0 atom stereocenters. The first-order chi connectivity index (χ1) is 17.6. The van der Waals surface area contributed by atoms with Gasteiger partial charge in [-0.15, -0.1) is 11.3 Å². The van der Waals surface area contributed by atoms with Gasteiger partial charge in [0.1, 0.15) is 21.7 Å². The molecule has 0 aliphatic carbocycles. The van der Waals surface area contributed by atoms with Crippen molar-refractivity contribution in [2.45, 2.75) is 47.0 Å². The number of thiazole rings is 1. The number of hydrogen-bond donors (Lipinski definition) is 0. The average Bonchev–Trinajstić information content (AvgIpc) is 3.34. The van der Waals surface area contributed by atoms with Crippen LogP contribution in [0.1, 0.15) is 67.2 Å². The molecule has 0 aliphatic heterocycles. The largest absolute Gasteiger partial charge is 0.519 e. The second-order valence-corrected chi connectivity index (χ2v) is 7.85. The molecule has 0 unspecified atom stereocenters. The van der Waals surface area contributed by atoms with Gasteiger partial charge in [-0.2, -0.15) is 5.26 Å². The summed E-state index contributed by atoms with van der Waals surface area (Å²) in [6.45, 7) is -2.00. The Morgan fingerprint density at radius 2 is 2.09 bits per heavy atom. The van der Waals surface area contributed by atoms with Gasteiger partial charge < -0.3 is 18.3 Å². The maximum absolute atomic E-state index is 12.6. The molecule has 2 heterocycles. The van der Waals surface area contributed by atoms with Gasteiger partial charge in [-0.3, -0.25) is 0 Å². The minimum absolute atomic E-state index is 0.0972. The van der Waals surface area contributed by atoms with Crippen LogP contribution in [0.5, 0.6) is 5.75 Å². The van der Waals surface area contributed by atoms with Crippen LogP contribution in [-0.2, 0) is 11.3 Å². The van der Waals surface area contributed by atoms with E-state index < -0.39 is 31.4 Å². The minimum Gasteiger partial charge on any atom is -0.492 e. The zero-order chi connectivity index (χ0) is 28.3. The van der Waals surface area contributed by atoms with E-state index in [-0.39, 0.29) is 53.8 Å². The number of carbonyl (C=O) groups excluding carboxylic acids is 1. The highest BCUT2D eigenvalue weighted by Gasteiger charge is 2.20. The third-order valence-corrected chi connectivity index (χ3v) is 5.74. The van der Waals surface area contributed by atoms with Crippen molar-refractivity contribution in [1.29, 1.82) is 5.26 Å². The molecular weight excluding hydrogens is 432 g/mol. The smallest absolute Gasteiger partial charge is 0.492 e. The molecule has 0 fully saturated rings. The van der Waals surface area contributed by atoms with Gasteiger partial charge in [0.2, 0.25) is 0 Å². The van der Waals surface area contributed by atoms with Gasteiger partial charge in [0.25, 0.3) is 0 Å². The summed E-state index contributed by atoms with van der Waals surface area (Å²) in [7, 11) is 0. The highest BCUT2D eigenvalue weighted by molar-refractivity contribution is 7.17. The van der Waals surface area contributed by atoms with Crippen molar-refractivity contribution >= 4 is 17.3 Å². The highest BCUT2D eigenvalue weighted by atomic mass is 32.1. The second-order valence-electron chi connectivity index (χ2n) is 6.85. The van der Waals surface area contributed by atoms with Crippen molar-refractivity contribution in [2.75, 3.05) is 6.61 Å². The summed E-state index contributed by atoms with van der Waals surface area (Å²) in [5.41, 5.74) is 1.06. The topological polar surface area (TPSA) is 116 Å². The van der Waals surface area contributed by atoms with Crippen LogP contribution < -0.4 is 10.6 Å². The molecule has 2 aromatic heterocycles. The number of nitrogens with zero attached hydrogens (tertiary/aromatic N) is 2. The number of rotatable bonds is 9. The predicted molar refractivity (Wildman–Crippen MR) is 118 cm³/mol. The Kier molecular flexibility index (Phi) is 5.23. The summed E-state index contributed by atoms with van der Waals surface area (Å²) >= 11 is 1.04. The van der Waals surface area contributed by atoms with Gasteiger partial charge in [-0.25, -0.2) is 14.6 Å². The third kappa shape index (κ3) is 5.26. The first kappa shape index (κ1) is 16.3. The lowest BCUT2D eigenvalue weighted by atomic mass is 10.1. The average molecular weight is 463 g/mol. The van der Waals surface area contributed by atoms with Crippen LogP contribution >= 0.6 is 11.3 Å². The van der Waals surface area contributed by atoms with Gasteiger partial charge in [-0.1, -0.05) is 26.5 Å². The highest BCUT2D eigenvalue weighted by Crippen LogP contribution is 2.32. The maximum Gasteiger partial charge on any atom is 0.519 e. The zero-order valence-electron chi connectivity index (χ0n) is 23.4. The van der Waals surface area contributed by atoms with Crippen LogP contribution in [0.15, 0.2) is 31.8 Å². The van der Waals surface area contributed by atoms with Crippen LogP contribution in [0.4, 0.5) is 0 Å². The number of ether oxygens (including phenoxy) is 2. The maximum atomic E-state index is 12.6. The number of aromatic nitrogens is 1. The first-order valence-electron chi connectivity index (χ1n) is 12.6. The van der Waals surface area contributed by atoms with Crippen molar-refractivity contribution in [1.82, 2.24) is 4.98 Å². The number of carbonyl (C=O) groups is 1. The first-order valence-corrected chi connectivity index (χ1v) is 10.4. The number of esters is 1. The molecule has 0 saturated carbocycles. The van der Waals surface area contributed by atoms with E-state index in [0.29, 0.717) is 16.3 Å². The fourth-order valence-corrected chi connectivity index (χ4v) is 3.64. The van der Waals surface area contributed by atoms with E-state index in [0.717, 1.165) is 11.3 Å². The molecule has 0 spiro atoms. The van der Waals surface area contributed by atoms with E-state index in [1.807, 2.05) is 6.07 Å². The van der Waals surface area contributed by atoms with Crippen molar-refractivity contribution in [3.63, 3.8) is 0 Å². The van der Waals surface area contributed by atoms with E-state index in [4.69, 9.17) is 26.5 Å². The van der Waals surface area contributed by atoms with Crippen molar-refractivity contribution in [3.05, 3.63) is 56.5 Å². The van der Waals surface area contributed by atoms with E-state index in [9.17, 15) is 14.9 Å². The van der Waals surface area contributed by atoms with Gasteiger partial charge in [0.15, 0.2) is 18.1 Å². The molecule has 0 saturated heterocycles. The SMILES string of the molecule is [2H]C([2H])([2H])CC(COc1ccc(-c2nc(C)c(C(=O)OCc3oc(=O)oc3C)s2)cc1C#N)CC([2H])([2H])[2H]. The molecule has 0 amide bonds. The molecule has 0 aliphatic rings. The fourth-order valence-electron chi connectivity index (χ4n) is 2.69. The van der Waals surface area contributed by atoms with E-state index in [1.165, 1.54) is 19.1 Å². The van der Waals surface area contributed by atoms with Crippen LogP contribution in [-0.4, -0.2) is 17.6 Å². The summed E-state index contributed by atoms with van der Waals surface area (Å²) in [6.07, 6.45) is -0.677. The Hall–Kier alpha value is -3.38. The van der Waals surface area contributed by atoms with E-state index in [1.54, 1.807) is 13.0 Å². The zero-order valence-corrected chi connectivity index (χ0v) is 18.2. The van der Waals surface area contributed by atoms with Crippen LogP contribution in [0.2, 0.25) is 0 Å². The molecule has 3 rings (SSSR count). The summed E-state index contributed by atoms with van der Waals surface area (Å²) in [5.74, 6) is -1.86. The van der Waals surface area contributed by atoms with E-state index in [2.05, 4.69) is 4.98 Å². The Morgan fingerprint density at radius 3 is 2.75 bits per heavy atom. The molecular formula is C23H24N2O6S. The monoisotopic (exact) mass is 462 g/mol. The van der Waals surface area contributed by atoms with Crippen molar-refractivity contribution in [3.8, 4) is 22.4 Å². The normalized spacial score (nSPS) is 14.4. The molecule has 0 bridgehead atoms. The van der Waals surface area contributed by atoms with E-state index >= 15 is 0 Å². The predicted octanol–water partition coefficient (Wildman–Crippen LogP) is 5.02. The van der Waals surface area contributed by atoms with Crippen LogP contribution in [0.3, 0.4) is 0 Å².